The number of fused-ring (bicyclic) bond motifs is 1. The number of likely N-dealkylation sites (N-methyl/N-ethyl adjacent to an activating group) is 1. The number of aromatic nitrogens is 2. The second kappa shape index (κ2) is 7.04. The van der Waals surface area contributed by atoms with Crippen molar-refractivity contribution in [1.82, 2.24) is 14.3 Å². The van der Waals surface area contributed by atoms with Gasteiger partial charge in [0.1, 0.15) is 6.20 Å². The van der Waals surface area contributed by atoms with E-state index in [0.717, 1.165) is 25.7 Å². The summed E-state index contributed by atoms with van der Waals surface area (Å²) in [5.41, 5.74) is -0.0914. The third kappa shape index (κ3) is 3.11. The van der Waals surface area contributed by atoms with Crippen LogP contribution < -0.4 is 5.32 Å². The van der Waals surface area contributed by atoms with Gasteiger partial charge in [-0.1, -0.05) is 30.6 Å². The first-order valence-corrected chi connectivity index (χ1v) is 9.11. The molecule has 2 aromatic rings. The van der Waals surface area contributed by atoms with E-state index in [4.69, 9.17) is 0 Å². The molecule has 0 spiro atoms. The van der Waals surface area contributed by atoms with E-state index < -0.39 is 0 Å². The molecule has 132 valence electrons. The molecular formula is C15H23N5O3S. The highest BCUT2D eigenvalue weighted by atomic mass is 32.1. The van der Waals surface area contributed by atoms with E-state index in [1.54, 1.807) is 11.6 Å². The highest BCUT2D eigenvalue weighted by Crippen LogP contribution is 2.34. The first-order valence-electron chi connectivity index (χ1n) is 8.23. The highest BCUT2D eigenvalue weighted by molar-refractivity contribution is 7.15. The van der Waals surface area contributed by atoms with Crippen molar-refractivity contribution < 1.29 is 10.0 Å². The molecule has 0 bridgehead atoms. The number of hydrogen-bond acceptors (Lipinski definition) is 7. The Labute approximate surface area is 144 Å². The molecule has 2 aromatic heterocycles. The smallest absolute Gasteiger partial charge is 0.372 e. The lowest BCUT2D eigenvalue weighted by Crippen LogP contribution is -2.53. The van der Waals surface area contributed by atoms with Gasteiger partial charge in [0, 0.05) is 24.0 Å². The SMILES string of the molecule is CN(CCO)C1(CNc2nc3sccn3c2[N+](=O)[O-])CCCCC1. The molecule has 0 amide bonds. The minimum atomic E-state index is -0.389. The van der Waals surface area contributed by atoms with E-state index in [0.29, 0.717) is 23.9 Å². The van der Waals surface area contributed by atoms with Crippen LogP contribution in [0.2, 0.25) is 0 Å². The van der Waals surface area contributed by atoms with Crippen molar-refractivity contribution in [2.24, 2.45) is 0 Å². The van der Waals surface area contributed by atoms with Crippen LogP contribution in [0.15, 0.2) is 11.6 Å². The summed E-state index contributed by atoms with van der Waals surface area (Å²) in [7, 11) is 2.02. The lowest BCUT2D eigenvalue weighted by atomic mass is 9.80. The highest BCUT2D eigenvalue weighted by Gasteiger charge is 2.36. The van der Waals surface area contributed by atoms with Crippen LogP contribution in [0.3, 0.4) is 0 Å². The Hall–Kier alpha value is -1.71. The number of anilines is 1. The predicted molar refractivity (Wildman–Crippen MR) is 93.7 cm³/mol. The second-order valence-electron chi connectivity index (χ2n) is 6.38. The molecule has 1 saturated carbocycles. The van der Waals surface area contributed by atoms with E-state index in [1.807, 2.05) is 7.05 Å². The third-order valence-electron chi connectivity index (χ3n) is 5.02. The second-order valence-corrected chi connectivity index (χ2v) is 7.25. The summed E-state index contributed by atoms with van der Waals surface area (Å²) in [6, 6.07) is 0. The molecule has 9 heteroatoms. The predicted octanol–water partition coefficient (Wildman–Crippen LogP) is 2.34. The van der Waals surface area contributed by atoms with Crippen molar-refractivity contribution in [1.29, 1.82) is 0 Å². The summed E-state index contributed by atoms with van der Waals surface area (Å²) in [4.78, 5) is 18.2. The van der Waals surface area contributed by atoms with Gasteiger partial charge in [0.05, 0.1) is 6.61 Å². The molecule has 2 N–H and O–H groups in total. The summed E-state index contributed by atoms with van der Waals surface area (Å²) in [6.45, 7) is 1.30. The number of thiazole rings is 1. The minimum absolute atomic E-state index is 0.0120. The van der Waals surface area contributed by atoms with Crippen LogP contribution in [0.4, 0.5) is 11.6 Å². The number of aliphatic hydroxyl groups excluding tert-OH is 1. The van der Waals surface area contributed by atoms with Crippen LogP contribution in [-0.2, 0) is 0 Å². The Balaban J connectivity index is 1.83. The van der Waals surface area contributed by atoms with Crippen molar-refractivity contribution in [3.8, 4) is 0 Å². The molecule has 24 heavy (non-hydrogen) atoms. The van der Waals surface area contributed by atoms with Gasteiger partial charge in [-0.3, -0.25) is 4.90 Å². The number of rotatable bonds is 7. The van der Waals surface area contributed by atoms with Gasteiger partial charge in [0.15, 0.2) is 0 Å². The van der Waals surface area contributed by atoms with Gasteiger partial charge in [-0.2, -0.15) is 9.38 Å². The standard InChI is InChI=1S/C15H23N5O3S/c1-18(7-9-21)15(5-3-2-4-6-15)11-16-12-13(20(22)23)19-8-10-24-14(19)17-12/h8,10,16,21H,2-7,9,11H2,1H3. The number of nitrogens with one attached hydrogen (secondary N) is 1. The van der Waals surface area contributed by atoms with Gasteiger partial charge in [-0.15, -0.1) is 0 Å². The first-order chi connectivity index (χ1) is 11.6. The molecule has 3 rings (SSSR count). The maximum Gasteiger partial charge on any atom is 0.372 e. The fourth-order valence-corrected chi connectivity index (χ4v) is 4.31. The molecule has 2 heterocycles. The Morgan fingerprint density at radius 1 is 1.50 bits per heavy atom. The Morgan fingerprint density at radius 2 is 2.25 bits per heavy atom. The largest absolute Gasteiger partial charge is 0.395 e. The molecule has 0 atom stereocenters. The Morgan fingerprint density at radius 3 is 2.92 bits per heavy atom. The monoisotopic (exact) mass is 353 g/mol. The fraction of sp³-hybridized carbons (Fsp3) is 0.667. The number of aliphatic hydroxyl groups is 1. The summed E-state index contributed by atoms with van der Waals surface area (Å²) >= 11 is 1.38. The van der Waals surface area contributed by atoms with E-state index in [-0.39, 0.29) is 22.9 Å². The van der Waals surface area contributed by atoms with Crippen LogP contribution in [0.5, 0.6) is 0 Å². The van der Waals surface area contributed by atoms with Crippen molar-refractivity contribution in [3.05, 3.63) is 21.7 Å². The Kier molecular flexibility index (Phi) is 5.02. The van der Waals surface area contributed by atoms with Crippen molar-refractivity contribution >= 4 is 27.9 Å². The molecule has 1 fully saturated rings. The van der Waals surface area contributed by atoms with Crippen molar-refractivity contribution in [2.75, 3.05) is 32.1 Å². The van der Waals surface area contributed by atoms with Gasteiger partial charge >= 0.3 is 5.82 Å². The lowest BCUT2D eigenvalue weighted by molar-refractivity contribution is -0.389. The third-order valence-corrected chi connectivity index (χ3v) is 5.78. The number of hydrogen-bond donors (Lipinski definition) is 2. The summed E-state index contributed by atoms with van der Waals surface area (Å²) < 4.78 is 1.51. The van der Waals surface area contributed by atoms with Crippen LogP contribution in [-0.4, -0.2) is 56.6 Å². The van der Waals surface area contributed by atoms with Crippen LogP contribution in [0.25, 0.3) is 4.96 Å². The molecule has 0 radical (unpaired) electrons. The van der Waals surface area contributed by atoms with Gasteiger partial charge in [-0.25, -0.2) is 0 Å². The number of imidazole rings is 1. The number of nitrogens with zero attached hydrogens (tertiary/aromatic N) is 4. The molecule has 1 aliphatic carbocycles. The van der Waals surface area contributed by atoms with E-state index in [1.165, 1.54) is 22.2 Å². The number of nitro groups is 1. The molecule has 0 saturated heterocycles. The van der Waals surface area contributed by atoms with Crippen LogP contribution in [0.1, 0.15) is 32.1 Å². The summed E-state index contributed by atoms with van der Waals surface area (Å²) in [5, 5.41) is 25.7. The van der Waals surface area contributed by atoms with E-state index in [2.05, 4.69) is 15.2 Å². The minimum Gasteiger partial charge on any atom is -0.395 e. The van der Waals surface area contributed by atoms with Gasteiger partial charge in [-0.05, 0) is 24.8 Å². The molecule has 0 aromatic carbocycles. The summed E-state index contributed by atoms with van der Waals surface area (Å²) in [5.74, 6) is 0.316. The maximum atomic E-state index is 11.4. The summed E-state index contributed by atoms with van der Waals surface area (Å²) in [6.07, 6.45) is 7.20. The van der Waals surface area contributed by atoms with Gasteiger partial charge in [0.25, 0.3) is 4.96 Å². The average molecular weight is 353 g/mol. The molecular weight excluding hydrogens is 330 g/mol. The first kappa shape index (κ1) is 17.1. The maximum absolute atomic E-state index is 11.4. The zero-order valence-electron chi connectivity index (χ0n) is 13.8. The molecule has 0 aliphatic heterocycles. The van der Waals surface area contributed by atoms with Gasteiger partial charge < -0.3 is 20.5 Å². The van der Waals surface area contributed by atoms with Crippen LogP contribution >= 0.6 is 11.3 Å². The molecule has 0 unspecified atom stereocenters. The van der Waals surface area contributed by atoms with E-state index >= 15 is 0 Å². The van der Waals surface area contributed by atoms with E-state index in [9.17, 15) is 15.2 Å². The number of β-amino-alcohol motifs (C(OH)–C–C–N with tert-alkyl or cyclic N) is 1. The lowest BCUT2D eigenvalue weighted by Gasteiger charge is -2.44. The normalized spacial score (nSPS) is 17.5. The molecule has 8 nitrogen and oxygen atoms in total. The zero-order chi connectivity index (χ0) is 17.2. The molecule has 1 aliphatic rings. The van der Waals surface area contributed by atoms with Crippen molar-refractivity contribution in [3.63, 3.8) is 0 Å². The Bertz CT molecular complexity index is 707. The topological polar surface area (TPSA) is 95.9 Å². The van der Waals surface area contributed by atoms with Crippen molar-refractivity contribution in [2.45, 2.75) is 37.6 Å². The van der Waals surface area contributed by atoms with Gasteiger partial charge in [0.2, 0.25) is 5.82 Å². The zero-order valence-corrected chi connectivity index (χ0v) is 14.6. The fourth-order valence-electron chi connectivity index (χ4n) is 3.61. The average Bonchev–Trinajstić information content (AvgIpc) is 3.14. The quantitative estimate of drug-likeness (QED) is 0.586. The van der Waals surface area contributed by atoms with Crippen LogP contribution in [0, 0.1) is 10.1 Å².